The molecule has 126 valence electrons. The standard InChI is InChI=1S/C13H27O7P/c1-3-20-21(15,16)12-11-19-10-9-18-8-7-17-6-4-5-13(2)14/h3-12H2,1-2H3,(H,15,16)/p-1. The second-order valence-electron chi connectivity index (χ2n) is 4.39. The van der Waals surface area contributed by atoms with E-state index < -0.39 is 7.60 Å². The van der Waals surface area contributed by atoms with E-state index in [-0.39, 0.29) is 25.2 Å². The Bertz CT molecular complexity index is 309. The molecule has 7 nitrogen and oxygen atoms in total. The van der Waals surface area contributed by atoms with E-state index in [1.807, 2.05) is 0 Å². The summed E-state index contributed by atoms with van der Waals surface area (Å²) in [5, 5.41) is 0. The number of rotatable bonds is 15. The second-order valence-corrected chi connectivity index (χ2v) is 6.32. The summed E-state index contributed by atoms with van der Waals surface area (Å²) in [6.07, 6.45) is 1.15. The van der Waals surface area contributed by atoms with Gasteiger partial charge in [0.25, 0.3) is 0 Å². The molecule has 0 spiro atoms. The average molecular weight is 325 g/mol. The van der Waals surface area contributed by atoms with Gasteiger partial charge in [-0.15, -0.1) is 0 Å². The third-order valence-corrected chi connectivity index (χ3v) is 3.78. The van der Waals surface area contributed by atoms with Crippen LogP contribution in [0.15, 0.2) is 0 Å². The van der Waals surface area contributed by atoms with E-state index in [4.69, 9.17) is 14.2 Å². The first-order chi connectivity index (χ1) is 9.98. The fourth-order valence-electron chi connectivity index (χ4n) is 1.40. The topological polar surface area (TPSA) is 94.1 Å². The lowest BCUT2D eigenvalue weighted by atomic mass is 10.2. The molecule has 21 heavy (non-hydrogen) atoms. The van der Waals surface area contributed by atoms with Crippen molar-refractivity contribution in [3.63, 3.8) is 0 Å². The predicted octanol–water partition coefficient (Wildman–Crippen LogP) is 0.995. The van der Waals surface area contributed by atoms with Gasteiger partial charge in [0.2, 0.25) is 0 Å². The largest absolute Gasteiger partial charge is 0.778 e. The summed E-state index contributed by atoms with van der Waals surface area (Å²) in [6, 6.07) is 0. The maximum atomic E-state index is 11.2. The normalized spacial score (nSPS) is 14.0. The highest BCUT2D eigenvalue weighted by Crippen LogP contribution is 2.35. The van der Waals surface area contributed by atoms with Crippen LogP contribution in [0.2, 0.25) is 0 Å². The molecule has 0 N–H and O–H groups in total. The van der Waals surface area contributed by atoms with E-state index in [1.54, 1.807) is 13.8 Å². The fourth-order valence-corrected chi connectivity index (χ4v) is 2.28. The lowest BCUT2D eigenvalue weighted by Gasteiger charge is -2.21. The van der Waals surface area contributed by atoms with Gasteiger partial charge < -0.3 is 33.0 Å². The van der Waals surface area contributed by atoms with Crippen LogP contribution in [-0.4, -0.2) is 58.2 Å². The van der Waals surface area contributed by atoms with E-state index >= 15 is 0 Å². The van der Waals surface area contributed by atoms with Crippen molar-refractivity contribution in [2.24, 2.45) is 0 Å². The van der Waals surface area contributed by atoms with Crippen LogP contribution in [-0.2, 0) is 28.1 Å². The van der Waals surface area contributed by atoms with Crippen LogP contribution in [0.4, 0.5) is 0 Å². The molecule has 0 amide bonds. The Kier molecular flexibility index (Phi) is 13.2. The molecule has 0 radical (unpaired) electrons. The van der Waals surface area contributed by atoms with Crippen molar-refractivity contribution in [2.45, 2.75) is 26.7 Å². The highest BCUT2D eigenvalue weighted by Gasteiger charge is 2.06. The summed E-state index contributed by atoms with van der Waals surface area (Å²) in [5.41, 5.74) is 0. The van der Waals surface area contributed by atoms with Gasteiger partial charge in [-0.3, -0.25) is 0 Å². The number of carbonyl (C=O) groups excluding carboxylic acids is 1. The Balaban J connectivity index is 3.19. The average Bonchev–Trinajstić information content (AvgIpc) is 2.39. The molecule has 0 bridgehead atoms. The van der Waals surface area contributed by atoms with Crippen LogP contribution in [0, 0.1) is 0 Å². The molecule has 0 saturated carbocycles. The first kappa shape index (κ1) is 20.7. The zero-order chi connectivity index (χ0) is 16.0. The zero-order valence-corrected chi connectivity index (χ0v) is 13.8. The van der Waals surface area contributed by atoms with Crippen molar-refractivity contribution < 1.29 is 33.0 Å². The summed E-state index contributed by atoms with van der Waals surface area (Å²) in [7, 11) is -3.74. The van der Waals surface area contributed by atoms with Crippen molar-refractivity contribution >= 4 is 13.4 Å². The zero-order valence-electron chi connectivity index (χ0n) is 12.9. The van der Waals surface area contributed by atoms with E-state index in [0.29, 0.717) is 39.5 Å². The first-order valence-electron chi connectivity index (χ1n) is 7.15. The minimum atomic E-state index is -3.74. The van der Waals surface area contributed by atoms with Crippen LogP contribution in [0.25, 0.3) is 0 Å². The summed E-state index contributed by atoms with van der Waals surface area (Å²) in [4.78, 5) is 21.9. The molecule has 8 heteroatoms. The quantitative estimate of drug-likeness (QED) is 0.327. The smallest absolute Gasteiger partial charge is 0.137 e. The summed E-state index contributed by atoms with van der Waals surface area (Å²) in [5.74, 6) is 0.166. The minimum Gasteiger partial charge on any atom is -0.778 e. The Hall–Kier alpha value is -0.300. The molecular weight excluding hydrogens is 299 g/mol. The molecule has 0 aliphatic heterocycles. The fraction of sp³-hybridized carbons (Fsp3) is 0.923. The first-order valence-corrected chi connectivity index (χ1v) is 8.88. The van der Waals surface area contributed by atoms with Gasteiger partial charge in [0.1, 0.15) is 13.4 Å². The van der Waals surface area contributed by atoms with Crippen LogP contribution in [0.3, 0.4) is 0 Å². The van der Waals surface area contributed by atoms with Crippen molar-refractivity contribution in [3.8, 4) is 0 Å². The number of carbonyl (C=O) groups is 1. The molecule has 1 unspecified atom stereocenters. The Labute approximate surface area is 126 Å². The van der Waals surface area contributed by atoms with E-state index in [2.05, 4.69) is 4.52 Å². The van der Waals surface area contributed by atoms with Gasteiger partial charge in [-0.25, -0.2) is 0 Å². The van der Waals surface area contributed by atoms with Crippen LogP contribution in [0.1, 0.15) is 26.7 Å². The molecule has 1 atom stereocenters. The monoisotopic (exact) mass is 325 g/mol. The second kappa shape index (κ2) is 13.4. The lowest BCUT2D eigenvalue weighted by Crippen LogP contribution is -2.15. The van der Waals surface area contributed by atoms with Gasteiger partial charge in [-0.1, -0.05) is 0 Å². The molecule has 0 aliphatic carbocycles. The maximum absolute atomic E-state index is 11.2. The Morgan fingerprint density at radius 3 is 2.05 bits per heavy atom. The highest BCUT2D eigenvalue weighted by atomic mass is 31.2. The number of ketones is 1. The Morgan fingerprint density at radius 1 is 1.00 bits per heavy atom. The number of hydrogen-bond donors (Lipinski definition) is 0. The number of hydrogen-bond acceptors (Lipinski definition) is 7. The predicted molar refractivity (Wildman–Crippen MR) is 76.5 cm³/mol. The number of Topliss-reactive ketones (excluding diaryl/α,β-unsaturated/α-hetero) is 1. The van der Waals surface area contributed by atoms with Crippen molar-refractivity contribution in [1.82, 2.24) is 0 Å². The molecule has 0 aliphatic rings. The molecule has 0 heterocycles. The molecule has 0 fully saturated rings. The molecule has 0 aromatic carbocycles. The third kappa shape index (κ3) is 15.9. The number of ether oxygens (including phenoxy) is 3. The minimum absolute atomic E-state index is 0.103. The van der Waals surface area contributed by atoms with Gasteiger partial charge in [0.15, 0.2) is 0 Å². The molecule has 0 saturated heterocycles. The van der Waals surface area contributed by atoms with Gasteiger partial charge >= 0.3 is 0 Å². The summed E-state index contributed by atoms with van der Waals surface area (Å²) >= 11 is 0. The summed E-state index contributed by atoms with van der Waals surface area (Å²) < 4.78 is 31.4. The third-order valence-electron chi connectivity index (χ3n) is 2.40. The van der Waals surface area contributed by atoms with Gasteiger partial charge in [0.05, 0.1) is 39.6 Å². The molecular formula is C13H26O7P-. The van der Waals surface area contributed by atoms with E-state index in [9.17, 15) is 14.3 Å². The van der Waals surface area contributed by atoms with Gasteiger partial charge in [0, 0.05) is 19.2 Å². The van der Waals surface area contributed by atoms with Gasteiger partial charge in [-0.2, -0.15) is 0 Å². The van der Waals surface area contributed by atoms with Crippen LogP contribution < -0.4 is 4.89 Å². The highest BCUT2D eigenvalue weighted by molar-refractivity contribution is 7.51. The van der Waals surface area contributed by atoms with E-state index in [1.165, 1.54) is 0 Å². The molecule has 0 aromatic heterocycles. The van der Waals surface area contributed by atoms with Crippen molar-refractivity contribution in [2.75, 3.05) is 52.4 Å². The molecule has 0 rings (SSSR count). The maximum Gasteiger partial charge on any atom is 0.137 e. The lowest BCUT2D eigenvalue weighted by molar-refractivity contribution is -0.198. The van der Waals surface area contributed by atoms with Crippen LogP contribution in [0.5, 0.6) is 0 Å². The van der Waals surface area contributed by atoms with E-state index in [0.717, 1.165) is 6.42 Å². The summed E-state index contributed by atoms with van der Waals surface area (Å²) in [6.45, 7) is 5.62. The molecule has 0 aromatic rings. The van der Waals surface area contributed by atoms with Crippen molar-refractivity contribution in [3.05, 3.63) is 0 Å². The van der Waals surface area contributed by atoms with Gasteiger partial charge in [-0.05, 0) is 20.3 Å². The van der Waals surface area contributed by atoms with Crippen molar-refractivity contribution in [1.29, 1.82) is 0 Å². The Morgan fingerprint density at radius 2 is 1.52 bits per heavy atom. The SMILES string of the molecule is CCOP(=O)([O-])CCOCCOCCOCCCC(C)=O. The van der Waals surface area contributed by atoms with Crippen LogP contribution >= 0.6 is 7.60 Å².